The Morgan fingerprint density at radius 3 is 1.74 bits per heavy atom. The van der Waals surface area contributed by atoms with Gasteiger partial charge in [-0.25, -0.2) is 0 Å². The first-order valence-electron chi connectivity index (χ1n) is 19.9. The van der Waals surface area contributed by atoms with Crippen LogP contribution >= 0.6 is 0 Å². The molecule has 0 amide bonds. The summed E-state index contributed by atoms with van der Waals surface area (Å²) in [4.78, 5) is 2.44. The number of aryl methyl sites for hydroxylation is 1. The quantitative estimate of drug-likeness (QED) is 0.162. The number of furan rings is 1. The maximum absolute atomic E-state index is 6.89. The van der Waals surface area contributed by atoms with Crippen molar-refractivity contribution in [2.75, 3.05) is 4.90 Å². The maximum Gasteiger partial charge on any atom is 0.143 e. The number of aromatic nitrogens is 1. The lowest BCUT2D eigenvalue weighted by atomic mass is 9.95. The topological polar surface area (TPSA) is 21.3 Å². The van der Waals surface area contributed by atoms with Gasteiger partial charge >= 0.3 is 0 Å². The zero-order valence-electron chi connectivity index (χ0n) is 32.0. The molecule has 0 aliphatic rings. The largest absolute Gasteiger partial charge is 0.455 e. The first kappa shape index (κ1) is 33.7. The molecule has 11 aromatic rings. The molecule has 2 heterocycles. The van der Waals surface area contributed by atoms with Crippen LogP contribution in [-0.2, 0) is 0 Å². The molecule has 2 aromatic heterocycles. The van der Waals surface area contributed by atoms with E-state index in [1.165, 1.54) is 38.5 Å². The zero-order valence-corrected chi connectivity index (χ0v) is 32.0. The summed E-state index contributed by atoms with van der Waals surface area (Å²) in [6, 6.07) is 76.2. The van der Waals surface area contributed by atoms with Crippen molar-refractivity contribution in [3.8, 4) is 39.1 Å². The number of rotatable bonds is 7. The first-order chi connectivity index (χ1) is 28.7. The number of fused-ring (bicyclic) bond motifs is 6. The second-order valence-electron chi connectivity index (χ2n) is 14.9. The number of benzene rings is 9. The van der Waals surface area contributed by atoms with E-state index in [9.17, 15) is 0 Å². The van der Waals surface area contributed by atoms with E-state index in [1.54, 1.807) is 0 Å². The number of para-hydroxylation sites is 5. The maximum atomic E-state index is 6.89. The lowest BCUT2D eigenvalue weighted by Gasteiger charge is -2.30. The van der Waals surface area contributed by atoms with E-state index < -0.39 is 0 Å². The van der Waals surface area contributed by atoms with Crippen molar-refractivity contribution in [2.24, 2.45) is 0 Å². The van der Waals surface area contributed by atoms with Crippen LogP contribution in [0.2, 0.25) is 0 Å². The molecule has 0 radical (unpaired) electrons. The van der Waals surface area contributed by atoms with Gasteiger partial charge in [0.15, 0.2) is 0 Å². The van der Waals surface area contributed by atoms with Crippen LogP contribution in [0.1, 0.15) is 5.56 Å². The molecule has 9 aromatic carbocycles. The summed E-state index contributed by atoms with van der Waals surface area (Å²) >= 11 is 0. The molecule has 0 aliphatic carbocycles. The monoisotopic (exact) mass is 742 g/mol. The molecule has 3 nitrogen and oxygen atoms in total. The van der Waals surface area contributed by atoms with Gasteiger partial charge in [0.05, 0.1) is 22.4 Å². The number of hydrogen-bond acceptors (Lipinski definition) is 2. The Labute approximate surface area is 337 Å². The van der Waals surface area contributed by atoms with Gasteiger partial charge in [0.2, 0.25) is 0 Å². The van der Waals surface area contributed by atoms with Gasteiger partial charge < -0.3 is 13.9 Å². The normalized spacial score (nSPS) is 11.5. The fourth-order valence-electron chi connectivity index (χ4n) is 8.83. The van der Waals surface area contributed by atoms with Crippen molar-refractivity contribution in [2.45, 2.75) is 6.92 Å². The highest BCUT2D eigenvalue weighted by atomic mass is 16.3. The van der Waals surface area contributed by atoms with Crippen molar-refractivity contribution in [1.82, 2.24) is 4.57 Å². The fourth-order valence-corrected chi connectivity index (χ4v) is 8.83. The summed E-state index contributed by atoms with van der Waals surface area (Å²) in [7, 11) is 0. The Hall–Kier alpha value is -7.62. The summed E-state index contributed by atoms with van der Waals surface area (Å²) in [5.41, 5.74) is 16.4. The predicted octanol–water partition coefficient (Wildman–Crippen LogP) is 15.5. The molecule has 0 bridgehead atoms. The summed E-state index contributed by atoms with van der Waals surface area (Å²) in [6.45, 7) is 2.20. The van der Waals surface area contributed by atoms with E-state index in [0.29, 0.717) is 0 Å². The number of anilines is 3. The number of hydrogen-bond donors (Lipinski definition) is 0. The highest BCUT2D eigenvalue weighted by Gasteiger charge is 2.25. The predicted molar refractivity (Wildman–Crippen MR) is 244 cm³/mol. The molecule has 0 saturated heterocycles. The van der Waals surface area contributed by atoms with Gasteiger partial charge in [-0.3, -0.25) is 0 Å². The minimum atomic E-state index is 0.866. The molecule has 274 valence electrons. The minimum Gasteiger partial charge on any atom is -0.455 e. The second-order valence-corrected chi connectivity index (χ2v) is 14.9. The smallest absolute Gasteiger partial charge is 0.143 e. The standard InChI is InChI=1S/C55H38N2O/c1-37-18-8-13-27-49(37)56(53-33-32-40(38-19-4-2-5-20-38)34-46(53)39-21-6-3-7-22-39)41-35-47(55-48(36-41)45-26-12-17-31-54(45)58-55)44-25-11-16-30-52(44)57-50-28-14-9-23-42(50)43-24-10-15-29-51(43)57/h2-36H,1H3. The van der Waals surface area contributed by atoms with Crippen LogP contribution in [0.4, 0.5) is 17.1 Å². The lowest BCUT2D eigenvalue weighted by molar-refractivity contribution is 0.670. The Balaban J connectivity index is 1.23. The fraction of sp³-hybridized carbons (Fsp3) is 0.0182. The molecule has 0 aliphatic heterocycles. The van der Waals surface area contributed by atoms with Gasteiger partial charge in [-0.2, -0.15) is 0 Å². The van der Waals surface area contributed by atoms with E-state index >= 15 is 0 Å². The Bertz CT molecular complexity index is 3250. The molecule has 0 unspecified atom stereocenters. The molecule has 0 spiro atoms. The zero-order chi connectivity index (χ0) is 38.6. The van der Waals surface area contributed by atoms with Crippen molar-refractivity contribution >= 4 is 60.8 Å². The van der Waals surface area contributed by atoms with Crippen LogP contribution in [0.5, 0.6) is 0 Å². The van der Waals surface area contributed by atoms with Crippen molar-refractivity contribution in [3.05, 3.63) is 218 Å². The molecule has 0 saturated carbocycles. The molecule has 3 heteroatoms. The Morgan fingerprint density at radius 2 is 1.00 bits per heavy atom. The first-order valence-corrected chi connectivity index (χ1v) is 19.9. The Kier molecular flexibility index (Phi) is 8.04. The third-order valence-corrected chi connectivity index (χ3v) is 11.5. The van der Waals surface area contributed by atoms with Crippen LogP contribution in [-0.4, -0.2) is 4.57 Å². The SMILES string of the molecule is Cc1ccccc1N(c1cc(-c2ccccc2-n2c3ccccc3c3ccccc32)c2oc3ccccc3c2c1)c1ccc(-c2ccccc2)cc1-c1ccccc1. The van der Waals surface area contributed by atoms with Crippen molar-refractivity contribution in [1.29, 1.82) is 0 Å². The molecule has 0 atom stereocenters. The van der Waals surface area contributed by atoms with Gasteiger partial charge in [0.1, 0.15) is 11.2 Å². The minimum absolute atomic E-state index is 0.866. The van der Waals surface area contributed by atoms with E-state index in [4.69, 9.17) is 4.42 Å². The Morgan fingerprint density at radius 1 is 0.397 bits per heavy atom. The molecule has 11 rings (SSSR count). The molecule has 0 fully saturated rings. The second kappa shape index (κ2) is 13.8. The highest BCUT2D eigenvalue weighted by Crippen LogP contribution is 2.48. The van der Waals surface area contributed by atoms with E-state index in [0.717, 1.165) is 66.9 Å². The number of nitrogens with zero attached hydrogens (tertiary/aromatic N) is 2. The average Bonchev–Trinajstić information content (AvgIpc) is 3.83. The van der Waals surface area contributed by atoms with Gasteiger partial charge in [0, 0.05) is 49.6 Å². The van der Waals surface area contributed by atoms with Crippen LogP contribution in [0.3, 0.4) is 0 Å². The van der Waals surface area contributed by atoms with E-state index in [-0.39, 0.29) is 0 Å². The third-order valence-electron chi connectivity index (χ3n) is 11.5. The average molecular weight is 743 g/mol. The summed E-state index contributed by atoms with van der Waals surface area (Å²) in [5, 5.41) is 4.62. The van der Waals surface area contributed by atoms with Gasteiger partial charge in [0.25, 0.3) is 0 Å². The van der Waals surface area contributed by atoms with Crippen LogP contribution in [0.25, 0.3) is 82.8 Å². The van der Waals surface area contributed by atoms with Gasteiger partial charge in [-0.05, 0) is 83.8 Å². The summed E-state index contributed by atoms with van der Waals surface area (Å²) in [6.07, 6.45) is 0. The summed E-state index contributed by atoms with van der Waals surface area (Å²) in [5.74, 6) is 0. The van der Waals surface area contributed by atoms with Crippen LogP contribution in [0.15, 0.2) is 217 Å². The van der Waals surface area contributed by atoms with Gasteiger partial charge in [-0.15, -0.1) is 0 Å². The highest BCUT2D eigenvalue weighted by molar-refractivity contribution is 6.14. The third kappa shape index (κ3) is 5.51. The molecular weight excluding hydrogens is 705 g/mol. The van der Waals surface area contributed by atoms with Crippen LogP contribution in [0, 0.1) is 6.92 Å². The van der Waals surface area contributed by atoms with Crippen molar-refractivity contribution < 1.29 is 4.42 Å². The summed E-state index contributed by atoms with van der Waals surface area (Å²) < 4.78 is 9.30. The molecular formula is C55H38N2O. The van der Waals surface area contributed by atoms with Gasteiger partial charge in [-0.1, -0.05) is 158 Å². The lowest BCUT2D eigenvalue weighted by Crippen LogP contribution is -2.13. The van der Waals surface area contributed by atoms with Crippen molar-refractivity contribution in [3.63, 3.8) is 0 Å². The molecule has 0 N–H and O–H groups in total. The van der Waals surface area contributed by atoms with E-state index in [1.807, 2.05) is 0 Å². The van der Waals surface area contributed by atoms with Crippen LogP contribution < -0.4 is 4.90 Å². The molecule has 58 heavy (non-hydrogen) atoms. The van der Waals surface area contributed by atoms with E-state index in [2.05, 4.69) is 229 Å².